The fourth-order valence-electron chi connectivity index (χ4n) is 4.83. The Balaban J connectivity index is 1.88. The van der Waals surface area contributed by atoms with E-state index in [-0.39, 0.29) is 17.4 Å². The van der Waals surface area contributed by atoms with E-state index < -0.39 is 5.72 Å². The molecular formula is C24H28N2O3S. The lowest BCUT2D eigenvalue weighted by Gasteiger charge is -2.51. The van der Waals surface area contributed by atoms with Gasteiger partial charge in [0.15, 0.2) is 10.8 Å². The summed E-state index contributed by atoms with van der Waals surface area (Å²) in [6.07, 6.45) is 1.49. The predicted octanol–water partition coefficient (Wildman–Crippen LogP) is 4.49. The van der Waals surface area contributed by atoms with Crippen LogP contribution in [0.25, 0.3) is 0 Å². The summed E-state index contributed by atoms with van der Waals surface area (Å²) in [5, 5.41) is 7.36. The smallest absolute Gasteiger partial charge is 0.308 e. The summed E-state index contributed by atoms with van der Waals surface area (Å²) in [5.74, 6) is 1.07. The van der Waals surface area contributed by atoms with Crippen molar-refractivity contribution in [3.8, 4) is 11.5 Å². The van der Waals surface area contributed by atoms with Gasteiger partial charge < -0.3 is 20.1 Å². The van der Waals surface area contributed by atoms with E-state index in [9.17, 15) is 4.79 Å². The quantitative estimate of drug-likeness (QED) is 0.421. The Hall–Kier alpha value is -2.60. The molecule has 5 nitrogen and oxygen atoms in total. The van der Waals surface area contributed by atoms with Gasteiger partial charge in [-0.15, -0.1) is 0 Å². The van der Waals surface area contributed by atoms with Crippen LogP contribution >= 0.6 is 12.2 Å². The van der Waals surface area contributed by atoms with Gasteiger partial charge in [-0.25, -0.2) is 0 Å². The highest BCUT2D eigenvalue weighted by Crippen LogP contribution is 2.50. The number of hydrogen-bond acceptors (Lipinski definition) is 4. The number of esters is 1. The van der Waals surface area contributed by atoms with Gasteiger partial charge in [-0.05, 0) is 57.1 Å². The number of carbonyl (C=O) groups is 1. The Kier molecular flexibility index (Phi) is 5.01. The van der Waals surface area contributed by atoms with E-state index >= 15 is 0 Å². The van der Waals surface area contributed by atoms with Crippen LogP contribution < -0.4 is 20.1 Å². The second-order valence-electron chi connectivity index (χ2n) is 9.05. The molecule has 2 aliphatic rings. The summed E-state index contributed by atoms with van der Waals surface area (Å²) in [7, 11) is 0. The van der Waals surface area contributed by atoms with E-state index in [1.807, 2.05) is 19.1 Å². The van der Waals surface area contributed by atoms with Gasteiger partial charge in [-0.2, -0.15) is 0 Å². The molecule has 158 valence electrons. The second kappa shape index (κ2) is 7.27. The number of fused-ring (bicyclic) bond motifs is 1. The molecule has 1 spiro atoms. The molecule has 0 aliphatic carbocycles. The topological polar surface area (TPSA) is 59.6 Å². The first kappa shape index (κ1) is 20.7. The van der Waals surface area contributed by atoms with Crippen LogP contribution in [0.5, 0.6) is 11.5 Å². The summed E-state index contributed by atoms with van der Waals surface area (Å²) >= 11 is 5.53. The van der Waals surface area contributed by atoms with Crippen LogP contribution in [0.3, 0.4) is 0 Å². The third kappa shape index (κ3) is 3.76. The molecule has 0 unspecified atom stereocenters. The summed E-state index contributed by atoms with van der Waals surface area (Å²) in [5.41, 5.74) is 3.58. The summed E-state index contributed by atoms with van der Waals surface area (Å²) in [6.45, 7) is 9.75. The van der Waals surface area contributed by atoms with Gasteiger partial charge in [-0.3, -0.25) is 4.79 Å². The van der Waals surface area contributed by atoms with E-state index in [0.717, 1.165) is 29.7 Å². The maximum absolute atomic E-state index is 11.6. The minimum absolute atomic E-state index is 0.129. The van der Waals surface area contributed by atoms with Crippen molar-refractivity contribution in [2.75, 3.05) is 0 Å². The first-order valence-electron chi connectivity index (χ1n) is 10.3. The standard InChI is InChI=1S/C24H28N2O3S/c1-14-8-6-7-9-17(14)19-12-24(13-23(4,5)25-22(30)26-24)29-21-15(2)20(28-16(3)27)11-10-18(19)21/h6-11,19H,12-13H2,1-5H3,(H2,25,26,30)/t19-,24+/m0/s1. The van der Waals surface area contributed by atoms with Crippen molar-refractivity contribution in [2.24, 2.45) is 0 Å². The number of ether oxygens (including phenoxy) is 2. The Bertz CT molecular complexity index is 1030. The van der Waals surface area contributed by atoms with Crippen LogP contribution in [0, 0.1) is 13.8 Å². The first-order chi connectivity index (χ1) is 14.1. The van der Waals surface area contributed by atoms with Gasteiger partial charge in [0.2, 0.25) is 0 Å². The number of benzene rings is 2. The normalized spacial score (nSPS) is 24.3. The van der Waals surface area contributed by atoms with Crippen molar-refractivity contribution >= 4 is 23.3 Å². The lowest BCUT2D eigenvalue weighted by Crippen LogP contribution is -2.69. The van der Waals surface area contributed by atoms with E-state index in [2.05, 4.69) is 55.7 Å². The molecule has 4 rings (SSSR count). The van der Waals surface area contributed by atoms with Crippen molar-refractivity contribution in [3.05, 3.63) is 58.7 Å². The van der Waals surface area contributed by atoms with Gasteiger partial charge in [0.05, 0.1) is 0 Å². The molecule has 0 amide bonds. The molecule has 2 atom stereocenters. The van der Waals surface area contributed by atoms with Crippen molar-refractivity contribution < 1.29 is 14.3 Å². The third-order valence-corrected chi connectivity index (χ3v) is 6.14. The average Bonchev–Trinajstić information content (AvgIpc) is 2.62. The Labute approximate surface area is 183 Å². The number of rotatable bonds is 2. The highest BCUT2D eigenvalue weighted by atomic mass is 32.1. The molecule has 2 N–H and O–H groups in total. The molecule has 0 bridgehead atoms. The average molecular weight is 425 g/mol. The van der Waals surface area contributed by atoms with Crippen LogP contribution in [0.1, 0.15) is 61.8 Å². The number of nitrogens with one attached hydrogen (secondary N) is 2. The highest BCUT2D eigenvalue weighted by Gasteiger charge is 2.49. The Morgan fingerprint density at radius 1 is 1.13 bits per heavy atom. The van der Waals surface area contributed by atoms with Crippen LogP contribution in [-0.4, -0.2) is 22.3 Å². The largest absolute Gasteiger partial charge is 0.467 e. The number of carbonyl (C=O) groups excluding carboxylic acids is 1. The Morgan fingerprint density at radius 3 is 2.53 bits per heavy atom. The molecule has 0 radical (unpaired) electrons. The lowest BCUT2D eigenvalue weighted by atomic mass is 9.76. The number of thiocarbonyl (C=S) groups is 1. The molecule has 2 heterocycles. The molecule has 2 aromatic carbocycles. The second-order valence-corrected chi connectivity index (χ2v) is 9.46. The minimum Gasteiger partial charge on any atom is -0.467 e. The van der Waals surface area contributed by atoms with Crippen LogP contribution in [0.15, 0.2) is 36.4 Å². The van der Waals surface area contributed by atoms with Crippen LogP contribution in [0.2, 0.25) is 0 Å². The molecule has 0 aromatic heterocycles. The molecule has 2 aromatic rings. The van der Waals surface area contributed by atoms with Crippen molar-refractivity contribution in [1.82, 2.24) is 10.6 Å². The van der Waals surface area contributed by atoms with Crippen molar-refractivity contribution in [1.29, 1.82) is 0 Å². The Morgan fingerprint density at radius 2 is 1.87 bits per heavy atom. The van der Waals surface area contributed by atoms with Gasteiger partial charge in [0, 0.05) is 42.3 Å². The molecule has 0 saturated carbocycles. The summed E-state index contributed by atoms with van der Waals surface area (Å²) < 4.78 is 12.1. The minimum atomic E-state index is -0.647. The highest BCUT2D eigenvalue weighted by molar-refractivity contribution is 7.80. The number of aryl methyl sites for hydroxylation is 1. The van der Waals surface area contributed by atoms with E-state index in [0.29, 0.717) is 10.9 Å². The third-order valence-electron chi connectivity index (χ3n) is 5.93. The van der Waals surface area contributed by atoms with Gasteiger partial charge in [0.25, 0.3) is 0 Å². The molecule has 2 aliphatic heterocycles. The number of hydrogen-bond donors (Lipinski definition) is 2. The van der Waals surface area contributed by atoms with Gasteiger partial charge in [-0.1, -0.05) is 30.3 Å². The molecule has 1 fully saturated rings. The van der Waals surface area contributed by atoms with E-state index in [1.165, 1.54) is 18.1 Å². The van der Waals surface area contributed by atoms with Crippen molar-refractivity contribution in [2.45, 2.75) is 64.6 Å². The zero-order valence-corrected chi connectivity index (χ0v) is 18.9. The maximum Gasteiger partial charge on any atom is 0.308 e. The predicted molar refractivity (Wildman–Crippen MR) is 121 cm³/mol. The fraction of sp³-hybridized carbons (Fsp3) is 0.417. The molecule has 6 heteroatoms. The van der Waals surface area contributed by atoms with E-state index in [1.54, 1.807) is 0 Å². The summed E-state index contributed by atoms with van der Waals surface area (Å²) in [4.78, 5) is 11.6. The van der Waals surface area contributed by atoms with E-state index in [4.69, 9.17) is 21.7 Å². The van der Waals surface area contributed by atoms with Crippen LogP contribution in [0.4, 0.5) is 0 Å². The maximum atomic E-state index is 11.6. The monoisotopic (exact) mass is 424 g/mol. The van der Waals surface area contributed by atoms with Crippen molar-refractivity contribution in [3.63, 3.8) is 0 Å². The molecular weight excluding hydrogens is 396 g/mol. The van der Waals surface area contributed by atoms with Crippen LogP contribution in [-0.2, 0) is 4.79 Å². The SMILES string of the molecule is CC(=O)Oc1ccc2c(c1C)O[C@]1(C[C@H]2c2ccccc2C)CC(C)(C)NC(=S)N1. The fourth-order valence-corrected chi connectivity index (χ4v) is 5.30. The lowest BCUT2D eigenvalue weighted by molar-refractivity contribution is -0.131. The molecule has 1 saturated heterocycles. The first-order valence-corrected chi connectivity index (χ1v) is 10.7. The van der Waals surface area contributed by atoms with Gasteiger partial charge in [0.1, 0.15) is 11.5 Å². The zero-order chi connectivity index (χ0) is 21.7. The summed E-state index contributed by atoms with van der Waals surface area (Å²) in [6, 6.07) is 12.4. The zero-order valence-electron chi connectivity index (χ0n) is 18.1. The van der Waals surface area contributed by atoms with Gasteiger partial charge >= 0.3 is 5.97 Å². The molecule has 30 heavy (non-hydrogen) atoms.